The number of nitrogens with zero attached hydrogens (tertiary/aromatic N) is 1. The second-order valence-corrected chi connectivity index (χ2v) is 16.6. The molecule has 0 amide bonds. The molecule has 0 saturated heterocycles. The first-order valence-electron chi connectivity index (χ1n) is 18.9. The molecule has 0 saturated carbocycles. The quantitative estimate of drug-likeness (QED) is 0.178. The van der Waals surface area contributed by atoms with Crippen LogP contribution in [0.25, 0.3) is 114 Å². The molecule has 0 N–H and O–H groups in total. The Balaban J connectivity index is 1.15. The van der Waals surface area contributed by atoms with Gasteiger partial charge in [0.1, 0.15) is 16.7 Å². The van der Waals surface area contributed by atoms with E-state index in [1.807, 2.05) is 11.3 Å². The summed E-state index contributed by atoms with van der Waals surface area (Å²) in [5.74, 6) is 0. The van der Waals surface area contributed by atoms with Gasteiger partial charge >= 0.3 is 0 Å². The lowest BCUT2D eigenvalue weighted by molar-refractivity contribution is 0.657. The van der Waals surface area contributed by atoms with Crippen LogP contribution in [-0.4, -0.2) is 4.57 Å². The number of hydrogen-bond acceptors (Lipinski definition) is 3. The summed E-state index contributed by atoms with van der Waals surface area (Å²) in [6.07, 6.45) is 0. The molecular formula is C51H31NO2S. The van der Waals surface area contributed by atoms with Gasteiger partial charge in [0.05, 0.1) is 22.1 Å². The zero-order chi connectivity index (χ0) is 36.2. The van der Waals surface area contributed by atoms with Crippen LogP contribution in [0.2, 0.25) is 0 Å². The molecule has 0 spiro atoms. The van der Waals surface area contributed by atoms with Crippen molar-refractivity contribution in [1.82, 2.24) is 4.57 Å². The van der Waals surface area contributed by atoms with Crippen molar-refractivity contribution >= 4 is 97.2 Å². The first-order chi connectivity index (χ1) is 27.1. The molecule has 4 heterocycles. The number of hydrogen-bond donors (Lipinski definition) is 0. The second-order valence-electron chi connectivity index (χ2n) is 15.5. The van der Waals surface area contributed by atoms with Crippen LogP contribution in [0.5, 0.6) is 0 Å². The van der Waals surface area contributed by atoms with E-state index in [2.05, 4.69) is 170 Å². The van der Waals surface area contributed by atoms with Crippen LogP contribution in [-0.2, 0) is 5.41 Å². The van der Waals surface area contributed by atoms with Gasteiger partial charge in [0.25, 0.3) is 0 Å². The lowest BCUT2D eigenvalue weighted by atomic mass is 9.80. The number of benzene rings is 8. The number of furan rings is 2. The molecule has 0 atom stereocenters. The predicted molar refractivity (Wildman–Crippen MR) is 231 cm³/mol. The second kappa shape index (κ2) is 10.3. The lowest BCUT2D eigenvalue weighted by Crippen LogP contribution is -2.15. The standard InChI is InChI=1S/C51H31NO2S/c1-51(2)37-20-7-3-14-33(37)44-46(51)43-34-15-4-8-21-38(34)52(47(43)45-35-16-5-9-23-40(35)54-49(44)45)39-22-12-18-31-36-27-28(25-26-41(36)53-48(31)39)29-17-11-19-32-30-13-6-10-24-42(30)55-50(29)32/h3-27H,1-2H3. The maximum Gasteiger partial charge on any atom is 0.159 e. The zero-order valence-corrected chi connectivity index (χ0v) is 30.9. The summed E-state index contributed by atoms with van der Waals surface area (Å²) in [5.41, 5.74) is 14.2. The molecule has 258 valence electrons. The van der Waals surface area contributed by atoms with E-state index in [4.69, 9.17) is 8.83 Å². The molecule has 0 radical (unpaired) electrons. The zero-order valence-electron chi connectivity index (χ0n) is 30.1. The molecule has 0 unspecified atom stereocenters. The molecule has 12 aromatic rings. The summed E-state index contributed by atoms with van der Waals surface area (Å²) >= 11 is 1.87. The lowest BCUT2D eigenvalue weighted by Gasteiger charge is -2.23. The fourth-order valence-electron chi connectivity index (χ4n) is 10.0. The van der Waals surface area contributed by atoms with Crippen LogP contribution in [0.3, 0.4) is 0 Å². The van der Waals surface area contributed by atoms with E-state index in [1.54, 1.807) is 0 Å². The van der Waals surface area contributed by atoms with Gasteiger partial charge in [-0.15, -0.1) is 11.3 Å². The van der Waals surface area contributed by atoms with Crippen molar-refractivity contribution in [1.29, 1.82) is 0 Å². The Hall–Kier alpha value is -6.62. The van der Waals surface area contributed by atoms with E-state index in [9.17, 15) is 0 Å². The molecule has 0 bridgehead atoms. The van der Waals surface area contributed by atoms with Gasteiger partial charge in [-0.3, -0.25) is 0 Å². The Morgan fingerprint density at radius 3 is 2.15 bits per heavy atom. The van der Waals surface area contributed by atoms with E-state index in [-0.39, 0.29) is 5.41 Å². The van der Waals surface area contributed by atoms with Crippen molar-refractivity contribution in [2.75, 3.05) is 0 Å². The van der Waals surface area contributed by atoms with Crippen molar-refractivity contribution in [3.63, 3.8) is 0 Å². The first-order valence-corrected chi connectivity index (χ1v) is 19.7. The Morgan fingerprint density at radius 2 is 1.22 bits per heavy atom. The van der Waals surface area contributed by atoms with Crippen LogP contribution in [0, 0.1) is 0 Å². The highest BCUT2D eigenvalue weighted by molar-refractivity contribution is 7.26. The fourth-order valence-corrected chi connectivity index (χ4v) is 11.3. The first kappa shape index (κ1) is 29.8. The van der Waals surface area contributed by atoms with Crippen molar-refractivity contribution in [3.05, 3.63) is 163 Å². The predicted octanol–water partition coefficient (Wildman–Crippen LogP) is 14.9. The fraction of sp³-hybridized carbons (Fsp3) is 0.0588. The highest BCUT2D eigenvalue weighted by Gasteiger charge is 2.41. The summed E-state index contributed by atoms with van der Waals surface area (Å²) in [5, 5.41) is 9.60. The van der Waals surface area contributed by atoms with Crippen molar-refractivity contribution in [2.45, 2.75) is 19.3 Å². The van der Waals surface area contributed by atoms with Crippen molar-refractivity contribution in [2.24, 2.45) is 0 Å². The van der Waals surface area contributed by atoms with Gasteiger partial charge in [0.15, 0.2) is 5.58 Å². The van der Waals surface area contributed by atoms with Gasteiger partial charge in [-0.1, -0.05) is 129 Å². The molecule has 1 aliphatic carbocycles. The SMILES string of the molecule is CC1(C)c2ccccc2-c2c1c1c3ccccc3n(-c3cccc4c3oc3ccc(-c5cccc6c5sc5ccccc56)cc34)c1c1c2oc2ccccc21. The highest BCUT2D eigenvalue weighted by Crippen LogP contribution is 2.58. The van der Waals surface area contributed by atoms with E-state index in [0.29, 0.717) is 0 Å². The van der Waals surface area contributed by atoms with Crippen LogP contribution in [0.1, 0.15) is 25.0 Å². The number of rotatable bonds is 2. The average molecular weight is 722 g/mol. The molecule has 0 fully saturated rings. The molecule has 3 nitrogen and oxygen atoms in total. The van der Waals surface area contributed by atoms with Crippen LogP contribution >= 0.6 is 11.3 Å². The molecule has 4 aromatic heterocycles. The summed E-state index contributed by atoms with van der Waals surface area (Å²) in [6.45, 7) is 4.74. The molecule has 0 aliphatic heterocycles. The van der Waals surface area contributed by atoms with Gasteiger partial charge in [-0.2, -0.15) is 0 Å². The van der Waals surface area contributed by atoms with E-state index in [0.717, 1.165) is 60.6 Å². The summed E-state index contributed by atoms with van der Waals surface area (Å²) in [7, 11) is 0. The van der Waals surface area contributed by atoms with Gasteiger partial charge in [-0.05, 0) is 64.2 Å². The maximum absolute atomic E-state index is 6.96. The number of thiophene rings is 1. The molecule has 8 aromatic carbocycles. The van der Waals surface area contributed by atoms with E-state index < -0.39 is 0 Å². The Morgan fingerprint density at radius 1 is 0.527 bits per heavy atom. The normalized spacial score (nSPS) is 13.8. The monoisotopic (exact) mass is 721 g/mol. The topological polar surface area (TPSA) is 31.2 Å². The molecular weight excluding hydrogens is 691 g/mol. The van der Waals surface area contributed by atoms with Gasteiger partial charge in [-0.25, -0.2) is 0 Å². The number of aromatic nitrogens is 1. The highest BCUT2D eigenvalue weighted by atomic mass is 32.1. The van der Waals surface area contributed by atoms with Crippen molar-refractivity contribution < 1.29 is 8.83 Å². The van der Waals surface area contributed by atoms with Gasteiger partial charge < -0.3 is 13.4 Å². The third kappa shape index (κ3) is 3.70. The summed E-state index contributed by atoms with van der Waals surface area (Å²) in [4.78, 5) is 0. The minimum Gasteiger partial charge on any atom is -0.455 e. The van der Waals surface area contributed by atoms with E-state index >= 15 is 0 Å². The Bertz CT molecular complexity index is 3640. The molecule has 55 heavy (non-hydrogen) atoms. The third-order valence-electron chi connectivity index (χ3n) is 12.4. The molecule has 1 aliphatic rings. The Kier molecular flexibility index (Phi) is 5.59. The Labute approximate surface area is 319 Å². The van der Waals surface area contributed by atoms with Crippen molar-refractivity contribution in [3.8, 4) is 27.9 Å². The van der Waals surface area contributed by atoms with Gasteiger partial charge in [0.2, 0.25) is 0 Å². The number of fused-ring (bicyclic) bond motifs is 18. The summed E-state index contributed by atoms with van der Waals surface area (Å²) < 4.78 is 19.0. The van der Waals surface area contributed by atoms with Gasteiger partial charge in [0, 0.05) is 58.1 Å². The number of para-hydroxylation sites is 3. The maximum atomic E-state index is 6.96. The molecule has 4 heteroatoms. The summed E-state index contributed by atoms with van der Waals surface area (Å²) in [6, 6.07) is 55.0. The third-order valence-corrected chi connectivity index (χ3v) is 13.6. The molecule has 13 rings (SSSR count). The minimum absolute atomic E-state index is 0.245. The van der Waals surface area contributed by atoms with Crippen LogP contribution in [0.4, 0.5) is 0 Å². The minimum atomic E-state index is -0.245. The van der Waals surface area contributed by atoms with Crippen LogP contribution in [0.15, 0.2) is 160 Å². The average Bonchev–Trinajstić information content (AvgIpc) is 4.02. The smallest absolute Gasteiger partial charge is 0.159 e. The van der Waals surface area contributed by atoms with Crippen LogP contribution < -0.4 is 0 Å². The van der Waals surface area contributed by atoms with E-state index in [1.165, 1.54) is 64.3 Å². The largest absolute Gasteiger partial charge is 0.455 e.